The quantitative estimate of drug-likeness (QED) is 0.625. The van der Waals surface area contributed by atoms with Gasteiger partial charge in [-0.25, -0.2) is 4.79 Å². The molecule has 75 valence electrons. The van der Waals surface area contributed by atoms with E-state index in [1.165, 1.54) is 0 Å². The van der Waals surface area contributed by atoms with Gasteiger partial charge < -0.3 is 9.64 Å². The van der Waals surface area contributed by atoms with Gasteiger partial charge in [0.15, 0.2) is 0 Å². The predicted molar refractivity (Wildman–Crippen MR) is 51.3 cm³/mol. The van der Waals surface area contributed by atoms with Gasteiger partial charge in [0.2, 0.25) is 0 Å². The van der Waals surface area contributed by atoms with Gasteiger partial charge >= 0.3 is 6.09 Å². The highest BCUT2D eigenvalue weighted by atomic mass is 16.6. The second kappa shape index (κ2) is 2.89. The van der Waals surface area contributed by atoms with Crippen molar-refractivity contribution in [3.63, 3.8) is 0 Å². The van der Waals surface area contributed by atoms with E-state index in [2.05, 4.69) is 6.92 Å². The minimum Gasteiger partial charge on any atom is -0.444 e. The molecule has 0 aromatic carbocycles. The Labute approximate surface area is 80.1 Å². The highest BCUT2D eigenvalue weighted by Gasteiger charge is 2.45. The molecule has 1 fully saturated rings. The molecular formula is C10H18NO2. The lowest BCUT2D eigenvalue weighted by Crippen LogP contribution is -2.40. The van der Waals surface area contributed by atoms with E-state index in [9.17, 15) is 4.79 Å². The van der Waals surface area contributed by atoms with Crippen LogP contribution in [0, 0.1) is 6.92 Å². The maximum atomic E-state index is 11.5. The Bertz CT molecular complexity index is 213. The summed E-state index contributed by atoms with van der Waals surface area (Å²) in [5.74, 6) is 0. The minimum atomic E-state index is -0.420. The van der Waals surface area contributed by atoms with Crippen molar-refractivity contribution in [1.82, 2.24) is 4.90 Å². The summed E-state index contributed by atoms with van der Waals surface area (Å²) in [6.07, 6.45) is 1.67. The second-order valence-electron chi connectivity index (χ2n) is 4.76. The van der Waals surface area contributed by atoms with Crippen molar-refractivity contribution in [2.75, 3.05) is 7.05 Å². The molecule has 3 heteroatoms. The lowest BCUT2D eigenvalue weighted by atomic mass is 10.2. The molecule has 0 heterocycles. The molecule has 0 spiro atoms. The van der Waals surface area contributed by atoms with E-state index in [1.807, 2.05) is 20.8 Å². The van der Waals surface area contributed by atoms with Crippen LogP contribution in [0.2, 0.25) is 0 Å². The van der Waals surface area contributed by atoms with Crippen molar-refractivity contribution in [3.8, 4) is 0 Å². The number of carbonyl (C=O) groups excluding carboxylic acids is 1. The average Bonchev–Trinajstić information content (AvgIpc) is 2.64. The molecule has 1 radical (unpaired) electrons. The maximum absolute atomic E-state index is 11.5. The van der Waals surface area contributed by atoms with Crippen molar-refractivity contribution in [2.24, 2.45) is 0 Å². The summed E-state index contributed by atoms with van der Waals surface area (Å²) in [5.41, 5.74) is -0.612. The molecule has 1 rings (SSSR count). The molecule has 0 aromatic heterocycles. The first-order valence-electron chi connectivity index (χ1n) is 4.57. The summed E-state index contributed by atoms with van der Waals surface area (Å²) in [6.45, 7) is 9.55. The van der Waals surface area contributed by atoms with Gasteiger partial charge in [0.1, 0.15) is 5.60 Å². The Morgan fingerprint density at radius 1 is 1.46 bits per heavy atom. The van der Waals surface area contributed by atoms with E-state index in [1.54, 1.807) is 11.9 Å². The summed E-state index contributed by atoms with van der Waals surface area (Å²) in [6, 6.07) is 0. The van der Waals surface area contributed by atoms with Gasteiger partial charge in [-0.2, -0.15) is 0 Å². The SMILES string of the molecule is [CH2]C1(N(C)C(=O)OC(C)(C)C)CC1. The highest BCUT2D eigenvalue weighted by molar-refractivity contribution is 5.69. The third kappa shape index (κ3) is 2.61. The predicted octanol–water partition coefficient (Wildman–Crippen LogP) is 2.22. The molecule has 0 saturated heterocycles. The van der Waals surface area contributed by atoms with Crippen LogP contribution in [-0.4, -0.2) is 29.2 Å². The number of carbonyl (C=O) groups is 1. The van der Waals surface area contributed by atoms with Gasteiger partial charge in [-0.1, -0.05) is 0 Å². The smallest absolute Gasteiger partial charge is 0.410 e. The van der Waals surface area contributed by atoms with Crippen molar-refractivity contribution in [1.29, 1.82) is 0 Å². The fourth-order valence-electron chi connectivity index (χ4n) is 1.00. The van der Waals surface area contributed by atoms with Crippen LogP contribution in [0.3, 0.4) is 0 Å². The first kappa shape index (κ1) is 10.4. The van der Waals surface area contributed by atoms with Gasteiger partial charge in [-0.3, -0.25) is 0 Å². The van der Waals surface area contributed by atoms with Gasteiger partial charge in [0, 0.05) is 12.6 Å². The average molecular weight is 184 g/mol. The standard InChI is InChI=1S/C10H18NO2/c1-9(2,3)13-8(12)11(5)10(4)6-7-10/h4,6-7H2,1-3,5H3. The zero-order valence-electron chi connectivity index (χ0n) is 8.89. The highest BCUT2D eigenvalue weighted by Crippen LogP contribution is 2.40. The Morgan fingerprint density at radius 3 is 2.23 bits per heavy atom. The van der Waals surface area contributed by atoms with Crippen LogP contribution < -0.4 is 0 Å². The van der Waals surface area contributed by atoms with Crippen molar-refractivity contribution in [2.45, 2.75) is 44.8 Å². The zero-order valence-corrected chi connectivity index (χ0v) is 8.89. The number of nitrogens with zero attached hydrogens (tertiary/aromatic N) is 1. The Hall–Kier alpha value is -0.730. The summed E-state index contributed by atoms with van der Waals surface area (Å²) < 4.78 is 5.21. The molecule has 0 atom stereocenters. The maximum Gasteiger partial charge on any atom is 0.410 e. The van der Waals surface area contributed by atoms with Crippen LogP contribution in [0.4, 0.5) is 4.79 Å². The number of hydrogen-bond acceptors (Lipinski definition) is 2. The van der Waals surface area contributed by atoms with E-state index in [0.29, 0.717) is 0 Å². The first-order valence-corrected chi connectivity index (χ1v) is 4.57. The summed E-state index contributed by atoms with van der Waals surface area (Å²) in [4.78, 5) is 13.1. The Balaban J connectivity index is 2.49. The first-order chi connectivity index (χ1) is 5.75. The molecule has 0 N–H and O–H groups in total. The molecule has 1 saturated carbocycles. The van der Waals surface area contributed by atoms with E-state index >= 15 is 0 Å². The molecule has 3 nitrogen and oxygen atoms in total. The zero-order chi connectivity index (χ0) is 10.3. The fraction of sp³-hybridized carbons (Fsp3) is 0.800. The van der Waals surface area contributed by atoms with Crippen LogP contribution in [0.15, 0.2) is 0 Å². The molecule has 1 aliphatic carbocycles. The lowest BCUT2D eigenvalue weighted by molar-refractivity contribution is 0.0233. The van der Waals surface area contributed by atoms with Crippen molar-refractivity contribution in [3.05, 3.63) is 6.92 Å². The van der Waals surface area contributed by atoms with Crippen molar-refractivity contribution >= 4 is 6.09 Å². The van der Waals surface area contributed by atoms with E-state index in [-0.39, 0.29) is 11.6 Å². The number of rotatable bonds is 1. The Kier molecular flexibility index (Phi) is 2.30. The van der Waals surface area contributed by atoms with Gasteiger partial charge in [0.05, 0.1) is 0 Å². The number of amides is 1. The second-order valence-corrected chi connectivity index (χ2v) is 4.76. The molecule has 0 unspecified atom stereocenters. The molecule has 1 amide bonds. The third-order valence-corrected chi connectivity index (χ3v) is 2.21. The van der Waals surface area contributed by atoms with Gasteiger partial charge in [0.25, 0.3) is 0 Å². The van der Waals surface area contributed by atoms with Gasteiger partial charge in [-0.05, 0) is 40.5 Å². The summed E-state index contributed by atoms with van der Waals surface area (Å²) in [7, 11) is 1.74. The normalized spacial score (nSPS) is 19.5. The number of hydrogen-bond donors (Lipinski definition) is 0. The van der Waals surface area contributed by atoms with Crippen molar-refractivity contribution < 1.29 is 9.53 Å². The van der Waals surface area contributed by atoms with E-state index < -0.39 is 5.60 Å². The molecule has 13 heavy (non-hydrogen) atoms. The van der Waals surface area contributed by atoms with E-state index in [0.717, 1.165) is 12.8 Å². The molecule has 0 bridgehead atoms. The summed E-state index contributed by atoms with van der Waals surface area (Å²) in [5, 5.41) is 0. The lowest BCUT2D eigenvalue weighted by Gasteiger charge is -2.28. The number of ether oxygens (including phenoxy) is 1. The van der Waals surface area contributed by atoms with E-state index in [4.69, 9.17) is 4.74 Å². The molecular weight excluding hydrogens is 166 g/mol. The largest absolute Gasteiger partial charge is 0.444 e. The van der Waals surface area contributed by atoms with Crippen LogP contribution in [0.25, 0.3) is 0 Å². The van der Waals surface area contributed by atoms with Gasteiger partial charge in [-0.15, -0.1) is 0 Å². The Morgan fingerprint density at radius 2 is 1.92 bits per heavy atom. The fourth-order valence-corrected chi connectivity index (χ4v) is 1.00. The third-order valence-electron chi connectivity index (χ3n) is 2.21. The topological polar surface area (TPSA) is 29.5 Å². The molecule has 0 aromatic rings. The molecule has 0 aliphatic heterocycles. The van der Waals surface area contributed by atoms with Crippen LogP contribution >= 0.6 is 0 Å². The molecule has 1 aliphatic rings. The minimum absolute atomic E-state index is 0.192. The monoisotopic (exact) mass is 184 g/mol. The summed E-state index contributed by atoms with van der Waals surface area (Å²) >= 11 is 0. The van der Waals surface area contributed by atoms with Crippen LogP contribution in [0.5, 0.6) is 0 Å². The van der Waals surface area contributed by atoms with Crippen LogP contribution in [-0.2, 0) is 4.74 Å². The van der Waals surface area contributed by atoms with Crippen LogP contribution in [0.1, 0.15) is 33.6 Å².